The molecule has 0 aliphatic carbocycles. The molecule has 0 unspecified atom stereocenters. The van der Waals surface area contributed by atoms with Crippen molar-refractivity contribution in [2.24, 2.45) is 0 Å². The van der Waals surface area contributed by atoms with E-state index in [-0.39, 0.29) is 34.5 Å². The highest BCUT2D eigenvalue weighted by Gasteiger charge is 2.26. The van der Waals surface area contributed by atoms with Crippen LogP contribution in [0.15, 0.2) is 54.6 Å². The van der Waals surface area contributed by atoms with Crippen molar-refractivity contribution in [2.75, 3.05) is 0 Å². The van der Waals surface area contributed by atoms with E-state index in [1.165, 1.54) is 24.3 Å². The minimum atomic E-state index is -0.887. The van der Waals surface area contributed by atoms with Gasteiger partial charge >= 0.3 is 0 Å². The van der Waals surface area contributed by atoms with E-state index in [1.54, 1.807) is 0 Å². The maximum atomic E-state index is 10.7. The molecule has 4 rings (SSSR count). The van der Waals surface area contributed by atoms with Gasteiger partial charge in [0.1, 0.15) is 57.5 Å². The molecule has 0 saturated heterocycles. The summed E-state index contributed by atoms with van der Waals surface area (Å²) in [7, 11) is 0. The molecule has 35 heavy (non-hydrogen) atoms. The van der Waals surface area contributed by atoms with Gasteiger partial charge in [-0.3, -0.25) is 0 Å². The number of phenols is 9. The summed E-state index contributed by atoms with van der Waals surface area (Å²) in [5.41, 5.74) is -0.967. The Morgan fingerprint density at radius 2 is 0.800 bits per heavy atom. The molecule has 11 nitrogen and oxygen atoms in total. The van der Waals surface area contributed by atoms with Crippen LogP contribution >= 0.6 is 0 Å². The summed E-state index contributed by atoms with van der Waals surface area (Å²) in [6.07, 6.45) is 0. The van der Waals surface area contributed by atoms with Crippen molar-refractivity contribution in [2.45, 2.75) is 0 Å². The Labute approximate surface area is 196 Å². The number of ether oxygens (including phenoxy) is 2. The normalized spacial score (nSPS) is 10.7. The Hall–Kier alpha value is -5.32. The molecule has 0 radical (unpaired) electrons. The van der Waals surface area contributed by atoms with Crippen LogP contribution < -0.4 is 9.47 Å². The van der Waals surface area contributed by atoms with E-state index in [4.69, 9.17) is 9.47 Å². The zero-order chi connectivity index (χ0) is 25.4. The third-order valence-electron chi connectivity index (χ3n) is 4.74. The second-order valence-corrected chi connectivity index (χ2v) is 7.38. The molecule has 0 spiro atoms. The van der Waals surface area contributed by atoms with E-state index in [2.05, 4.69) is 0 Å². The summed E-state index contributed by atoms with van der Waals surface area (Å²) in [5.74, 6) is -5.88. The molecule has 0 aliphatic heterocycles. The van der Waals surface area contributed by atoms with E-state index in [9.17, 15) is 46.0 Å². The van der Waals surface area contributed by atoms with E-state index in [0.29, 0.717) is 0 Å². The second kappa shape index (κ2) is 8.56. The largest absolute Gasteiger partial charge is 0.508 e. The van der Waals surface area contributed by atoms with Gasteiger partial charge in [0.15, 0.2) is 11.5 Å². The van der Waals surface area contributed by atoms with Gasteiger partial charge in [-0.1, -0.05) is 0 Å². The maximum absolute atomic E-state index is 10.7. The molecular weight excluding hydrogens is 464 g/mol. The van der Waals surface area contributed by atoms with Crippen LogP contribution in [0.4, 0.5) is 0 Å². The standard InChI is InChI=1S/C24H18O11/c25-10-1-11(26)3-14(2-10)34-15-4-12(27)5-16(8-15)35-24-20(32)9-19(31)22(23(24)33)21-17(29)6-13(28)7-18(21)30/h1-9,25-33H. The molecule has 0 amide bonds. The molecule has 0 aliphatic rings. The Balaban J connectivity index is 1.75. The van der Waals surface area contributed by atoms with Crippen LogP contribution in [0, 0.1) is 0 Å². The summed E-state index contributed by atoms with van der Waals surface area (Å²) >= 11 is 0. The van der Waals surface area contributed by atoms with E-state index >= 15 is 0 Å². The van der Waals surface area contributed by atoms with Gasteiger partial charge < -0.3 is 55.4 Å². The first-order valence-electron chi connectivity index (χ1n) is 9.78. The lowest BCUT2D eigenvalue weighted by molar-refractivity contribution is 0.365. The monoisotopic (exact) mass is 482 g/mol. The number of benzene rings is 4. The minimum Gasteiger partial charge on any atom is -0.508 e. The average Bonchev–Trinajstić information content (AvgIpc) is 2.71. The molecule has 4 aromatic carbocycles. The highest BCUT2D eigenvalue weighted by Crippen LogP contribution is 2.54. The number of hydrogen-bond donors (Lipinski definition) is 9. The fraction of sp³-hybridized carbons (Fsp3) is 0. The van der Waals surface area contributed by atoms with Crippen molar-refractivity contribution < 1.29 is 55.4 Å². The highest BCUT2D eigenvalue weighted by molar-refractivity contribution is 5.88. The van der Waals surface area contributed by atoms with Gasteiger partial charge in [-0.15, -0.1) is 0 Å². The lowest BCUT2D eigenvalue weighted by Crippen LogP contribution is -1.91. The van der Waals surface area contributed by atoms with Crippen molar-refractivity contribution in [1.29, 1.82) is 0 Å². The van der Waals surface area contributed by atoms with Crippen molar-refractivity contribution in [1.82, 2.24) is 0 Å². The number of rotatable bonds is 5. The van der Waals surface area contributed by atoms with Crippen molar-refractivity contribution in [3.05, 3.63) is 54.6 Å². The molecule has 4 aromatic rings. The van der Waals surface area contributed by atoms with Crippen LogP contribution in [0.25, 0.3) is 11.1 Å². The summed E-state index contributed by atoms with van der Waals surface area (Å²) in [6, 6.07) is 9.51. The first-order valence-corrected chi connectivity index (χ1v) is 9.78. The van der Waals surface area contributed by atoms with Crippen molar-refractivity contribution >= 4 is 0 Å². The van der Waals surface area contributed by atoms with E-state index < -0.39 is 51.4 Å². The van der Waals surface area contributed by atoms with Crippen molar-refractivity contribution in [3.63, 3.8) is 0 Å². The van der Waals surface area contributed by atoms with Crippen molar-refractivity contribution in [3.8, 4) is 85.9 Å². The number of hydrogen-bond acceptors (Lipinski definition) is 11. The average molecular weight is 482 g/mol. The van der Waals surface area contributed by atoms with Gasteiger partial charge in [0.25, 0.3) is 0 Å². The molecule has 0 atom stereocenters. The van der Waals surface area contributed by atoms with Gasteiger partial charge in [0.2, 0.25) is 5.75 Å². The fourth-order valence-electron chi connectivity index (χ4n) is 3.38. The fourth-order valence-corrected chi connectivity index (χ4v) is 3.38. The van der Waals surface area contributed by atoms with Crippen LogP contribution in [-0.4, -0.2) is 46.0 Å². The molecule has 9 N–H and O–H groups in total. The molecule has 0 aromatic heterocycles. The zero-order valence-corrected chi connectivity index (χ0v) is 17.5. The molecular formula is C24H18O11. The quantitative estimate of drug-likeness (QED) is 0.196. The van der Waals surface area contributed by atoms with Crippen LogP contribution in [0.5, 0.6) is 74.7 Å². The lowest BCUT2D eigenvalue weighted by atomic mass is 10.00. The Bertz CT molecular complexity index is 1400. The van der Waals surface area contributed by atoms with Gasteiger partial charge in [0, 0.05) is 54.6 Å². The molecule has 0 heterocycles. The summed E-state index contributed by atoms with van der Waals surface area (Å²) in [4.78, 5) is 0. The highest BCUT2D eigenvalue weighted by atomic mass is 16.5. The van der Waals surface area contributed by atoms with Crippen LogP contribution in [-0.2, 0) is 0 Å². The molecule has 0 saturated carbocycles. The molecule has 0 bridgehead atoms. The lowest BCUT2D eigenvalue weighted by Gasteiger charge is -2.17. The van der Waals surface area contributed by atoms with Gasteiger partial charge in [-0.25, -0.2) is 0 Å². The Kier molecular flexibility index (Phi) is 5.59. The van der Waals surface area contributed by atoms with Gasteiger partial charge in [-0.2, -0.15) is 0 Å². The van der Waals surface area contributed by atoms with Gasteiger partial charge in [0.05, 0.1) is 11.1 Å². The molecule has 11 heteroatoms. The summed E-state index contributed by atoms with van der Waals surface area (Å²) < 4.78 is 11.0. The predicted octanol–water partition coefficient (Wildman–Crippen LogP) is 4.29. The predicted molar refractivity (Wildman–Crippen MR) is 120 cm³/mol. The number of aromatic hydroxyl groups is 9. The van der Waals surface area contributed by atoms with Crippen LogP contribution in [0.3, 0.4) is 0 Å². The SMILES string of the molecule is Oc1cc(O)cc(Oc2cc(O)cc(Oc3c(O)cc(O)c(-c4c(O)cc(O)cc4O)c3O)c2)c1. The molecule has 0 fully saturated rings. The molecule has 180 valence electrons. The Morgan fingerprint density at radius 3 is 1.37 bits per heavy atom. The van der Waals surface area contributed by atoms with Gasteiger partial charge in [-0.05, 0) is 0 Å². The zero-order valence-electron chi connectivity index (χ0n) is 17.5. The van der Waals surface area contributed by atoms with E-state index in [1.807, 2.05) is 0 Å². The smallest absolute Gasteiger partial charge is 0.211 e. The van der Waals surface area contributed by atoms with Crippen LogP contribution in [0.2, 0.25) is 0 Å². The first kappa shape index (κ1) is 22.9. The van der Waals surface area contributed by atoms with E-state index in [0.717, 1.165) is 30.3 Å². The topological polar surface area (TPSA) is 201 Å². The number of phenolic OH excluding ortho intramolecular Hbond substituents is 9. The van der Waals surface area contributed by atoms with Crippen LogP contribution in [0.1, 0.15) is 0 Å². The maximum Gasteiger partial charge on any atom is 0.211 e. The minimum absolute atomic E-state index is 0.0168. The first-order chi connectivity index (χ1) is 16.5. The summed E-state index contributed by atoms with van der Waals surface area (Å²) in [6.45, 7) is 0. The third-order valence-corrected chi connectivity index (χ3v) is 4.74. The summed E-state index contributed by atoms with van der Waals surface area (Å²) in [5, 5.41) is 90.3. The third kappa shape index (κ3) is 4.59. The Morgan fingerprint density at radius 1 is 0.371 bits per heavy atom. The second-order valence-electron chi connectivity index (χ2n) is 7.38.